The highest BCUT2D eigenvalue weighted by molar-refractivity contribution is 9.10. The molecule has 0 aliphatic rings. The van der Waals surface area contributed by atoms with E-state index < -0.39 is 0 Å². The SMILES string of the molecule is CCNC(=O)CN(CC)c1ccc(Br)cc1CO. The van der Waals surface area contributed by atoms with Crippen LogP contribution in [0.25, 0.3) is 0 Å². The second-order valence-electron chi connectivity index (χ2n) is 3.90. The smallest absolute Gasteiger partial charge is 0.239 e. The number of carbonyl (C=O) groups excluding carboxylic acids is 1. The molecule has 1 rings (SSSR count). The molecule has 0 saturated carbocycles. The number of aliphatic hydroxyl groups excluding tert-OH is 1. The Bertz CT molecular complexity index is 410. The van der Waals surface area contributed by atoms with Crippen LogP contribution in [0.3, 0.4) is 0 Å². The third-order valence-electron chi connectivity index (χ3n) is 2.64. The van der Waals surface area contributed by atoms with E-state index in [9.17, 15) is 9.90 Å². The number of anilines is 1. The summed E-state index contributed by atoms with van der Waals surface area (Å²) in [5.41, 5.74) is 1.71. The van der Waals surface area contributed by atoms with E-state index in [0.717, 1.165) is 15.7 Å². The highest BCUT2D eigenvalue weighted by atomic mass is 79.9. The van der Waals surface area contributed by atoms with E-state index in [0.29, 0.717) is 19.6 Å². The van der Waals surface area contributed by atoms with Crippen LogP contribution in [0.1, 0.15) is 19.4 Å². The maximum atomic E-state index is 11.6. The van der Waals surface area contributed by atoms with Gasteiger partial charge in [0.2, 0.25) is 5.91 Å². The van der Waals surface area contributed by atoms with Gasteiger partial charge in [-0.1, -0.05) is 15.9 Å². The molecule has 1 aromatic rings. The molecule has 0 radical (unpaired) electrons. The Morgan fingerprint density at radius 1 is 1.44 bits per heavy atom. The van der Waals surface area contributed by atoms with Gasteiger partial charge in [-0.2, -0.15) is 0 Å². The minimum Gasteiger partial charge on any atom is -0.392 e. The van der Waals surface area contributed by atoms with E-state index in [4.69, 9.17) is 0 Å². The van der Waals surface area contributed by atoms with Gasteiger partial charge in [-0.25, -0.2) is 0 Å². The van der Waals surface area contributed by atoms with Gasteiger partial charge in [0, 0.05) is 28.8 Å². The van der Waals surface area contributed by atoms with Crippen molar-refractivity contribution in [2.24, 2.45) is 0 Å². The van der Waals surface area contributed by atoms with E-state index in [1.807, 2.05) is 36.9 Å². The molecule has 0 fully saturated rings. The zero-order chi connectivity index (χ0) is 13.5. The first-order valence-corrected chi connectivity index (χ1v) is 6.82. The number of likely N-dealkylation sites (N-methyl/N-ethyl adjacent to an activating group) is 2. The Labute approximate surface area is 116 Å². The zero-order valence-electron chi connectivity index (χ0n) is 10.7. The van der Waals surface area contributed by atoms with Crippen molar-refractivity contribution in [3.8, 4) is 0 Å². The van der Waals surface area contributed by atoms with Gasteiger partial charge in [0.1, 0.15) is 0 Å². The summed E-state index contributed by atoms with van der Waals surface area (Å²) >= 11 is 3.37. The number of nitrogens with one attached hydrogen (secondary N) is 1. The van der Waals surface area contributed by atoms with Crippen LogP contribution in [0.4, 0.5) is 5.69 Å². The van der Waals surface area contributed by atoms with Gasteiger partial charge in [0.05, 0.1) is 13.2 Å². The molecule has 0 heterocycles. The van der Waals surface area contributed by atoms with Gasteiger partial charge in [-0.05, 0) is 32.0 Å². The van der Waals surface area contributed by atoms with Gasteiger partial charge >= 0.3 is 0 Å². The predicted octanol–water partition coefficient (Wildman–Crippen LogP) is 1.90. The minimum atomic E-state index is -0.0410. The van der Waals surface area contributed by atoms with Crippen LogP contribution < -0.4 is 10.2 Å². The zero-order valence-corrected chi connectivity index (χ0v) is 12.3. The van der Waals surface area contributed by atoms with Crippen molar-refractivity contribution in [1.82, 2.24) is 5.32 Å². The quantitative estimate of drug-likeness (QED) is 0.843. The first-order valence-electron chi connectivity index (χ1n) is 6.03. The largest absolute Gasteiger partial charge is 0.392 e. The number of carbonyl (C=O) groups is 1. The summed E-state index contributed by atoms with van der Waals surface area (Å²) in [6.45, 7) is 5.49. The van der Waals surface area contributed by atoms with Gasteiger partial charge in [0.15, 0.2) is 0 Å². The predicted molar refractivity (Wildman–Crippen MR) is 76.6 cm³/mol. The number of nitrogens with zero attached hydrogens (tertiary/aromatic N) is 1. The van der Waals surface area contributed by atoms with Crippen LogP contribution in [0.5, 0.6) is 0 Å². The maximum absolute atomic E-state index is 11.6. The van der Waals surface area contributed by atoms with E-state index in [1.165, 1.54) is 0 Å². The second-order valence-corrected chi connectivity index (χ2v) is 4.81. The number of aliphatic hydroxyl groups is 1. The van der Waals surface area contributed by atoms with E-state index in [-0.39, 0.29) is 12.5 Å². The van der Waals surface area contributed by atoms with Crippen molar-refractivity contribution in [1.29, 1.82) is 0 Å². The van der Waals surface area contributed by atoms with Crippen molar-refractivity contribution >= 4 is 27.5 Å². The molecule has 18 heavy (non-hydrogen) atoms. The molecule has 4 nitrogen and oxygen atoms in total. The Morgan fingerprint density at radius 2 is 2.17 bits per heavy atom. The van der Waals surface area contributed by atoms with Crippen molar-refractivity contribution in [2.75, 3.05) is 24.5 Å². The van der Waals surface area contributed by atoms with Crippen LogP contribution in [-0.2, 0) is 11.4 Å². The number of halogens is 1. The normalized spacial score (nSPS) is 10.2. The van der Waals surface area contributed by atoms with Gasteiger partial charge in [-0.15, -0.1) is 0 Å². The van der Waals surface area contributed by atoms with Gasteiger partial charge in [0.25, 0.3) is 0 Å². The monoisotopic (exact) mass is 314 g/mol. The molecule has 1 amide bonds. The molecule has 5 heteroatoms. The molecule has 0 saturated heterocycles. The molecule has 0 bridgehead atoms. The highest BCUT2D eigenvalue weighted by Crippen LogP contribution is 2.24. The third-order valence-corrected chi connectivity index (χ3v) is 3.14. The molecular formula is C13H19BrN2O2. The van der Waals surface area contributed by atoms with Crippen molar-refractivity contribution in [3.63, 3.8) is 0 Å². The Kier molecular flexibility index (Phi) is 6.15. The van der Waals surface area contributed by atoms with E-state index in [1.54, 1.807) is 0 Å². The van der Waals surface area contributed by atoms with Crippen LogP contribution >= 0.6 is 15.9 Å². The number of hydrogen-bond acceptors (Lipinski definition) is 3. The van der Waals surface area contributed by atoms with Gasteiger partial charge < -0.3 is 15.3 Å². The fourth-order valence-electron chi connectivity index (χ4n) is 1.78. The Hall–Kier alpha value is -1.07. The van der Waals surface area contributed by atoms with Crippen LogP contribution in [0.2, 0.25) is 0 Å². The minimum absolute atomic E-state index is 0.00819. The van der Waals surface area contributed by atoms with Crippen LogP contribution in [-0.4, -0.2) is 30.6 Å². The Morgan fingerprint density at radius 3 is 2.72 bits per heavy atom. The fourth-order valence-corrected chi connectivity index (χ4v) is 2.19. The number of rotatable bonds is 6. The summed E-state index contributed by atoms with van der Waals surface area (Å²) in [6.07, 6.45) is 0. The summed E-state index contributed by atoms with van der Waals surface area (Å²) in [7, 11) is 0. The van der Waals surface area contributed by atoms with Crippen molar-refractivity contribution in [2.45, 2.75) is 20.5 Å². The summed E-state index contributed by atoms with van der Waals surface area (Å²) in [5.74, 6) is -0.00819. The molecule has 1 aromatic carbocycles. The third kappa shape index (κ3) is 3.99. The summed E-state index contributed by atoms with van der Waals surface area (Å²) in [6, 6.07) is 5.70. The van der Waals surface area contributed by atoms with Crippen LogP contribution in [0, 0.1) is 0 Å². The number of hydrogen-bond donors (Lipinski definition) is 2. The highest BCUT2D eigenvalue weighted by Gasteiger charge is 2.13. The number of amides is 1. The summed E-state index contributed by atoms with van der Waals surface area (Å²) in [5, 5.41) is 12.2. The molecular weight excluding hydrogens is 296 g/mol. The molecule has 2 N–H and O–H groups in total. The lowest BCUT2D eigenvalue weighted by Crippen LogP contribution is -2.37. The standard InChI is InChI=1S/C13H19BrN2O2/c1-3-15-13(18)8-16(4-2)12-6-5-11(14)7-10(12)9-17/h5-7,17H,3-4,8-9H2,1-2H3,(H,15,18). The topological polar surface area (TPSA) is 52.6 Å². The van der Waals surface area contributed by atoms with Crippen LogP contribution in [0.15, 0.2) is 22.7 Å². The lowest BCUT2D eigenvalue weighted by Gasteiger charge is -2.24. The molecule has 0 unspecified atom stereocenters. The average Bonchev–Trinajstić information content (AvgIpc) is 2.36. The van der Waals surface area contributed by atoms with E-state index in [2.05, 4.69) is 21.2 Å². The molecule has 0 aliphatic heterocycles. The summed E-state index contributed by atoms with van der Waals surface area (Å²) < 4.78 is 0.921. The van der Waals surface area contributed by atoms with E-state index >= 15 is 0 Å². The second kappa shape index (κ2) is 7.38. The molecule has 0 spiro atoms. The van der Waals surface area contributed by atoms with Crippen molar-refractivity contribution in [3.05, 3.63) is 28.2 Å². The van der Waals surface area contributed by atoms with Crippen molar-refractivity contribution < 1.29 is 9.90 Å². The molecule has 0 aromatic heterocycles. The molecule has 0 aliphatic carbocycles. The lowest BCUT2D eigenvalue weighted by molar-refractivity contribution is -0.119. The molecule has 100 valence electrons. The first-order chi connectivity index (χ1) is 8.62. The lowest BCUT2D eigenvalue weighted by atomic mass is 10.1. The molecule has 0 atom stereocenters. The maximum Gasteiger partial charge on any atom is 0.239 e. The fraction of sp³-hybridized carbons (Fsp3) is 0.462. The van der Waals surface area contributed by atoms with Gasteiger partial charge in [-0.3, -0.25) is 4.79 Å². The summed E-state index contributed by atoms with van der Waals surface area (Å²) in [4.78, 5) is 13.6. The average molecular weight is 315 g/mol. The number of benzene rings is 1. The Balaban J connectivity index is 2.90. The first kappa shape index (κ1) is 15.0.